The zero-order valence-electron chi connectivity index (χ0n) is 8.41. The van der Waals surface area contributed by atoms with Gasteiger partial charge in [0.15, 0.2) is 0 Å². The van der Waals surface area contributed by atoms with E-state index in [4.69, 9.17) is 11.6 Å². The third-order valence-electron chi connectivity index (χ3n) is 3.42. The first-order valence-corrected chi connectivity index (χ1v) is 5.75. The van der Waals surface area contributed by atoms with Gasteiger partial charge in [0.25, 0.3) is 0 Å². The van der Waals surface area contributed by atoms with E-state index in [0.29, 0.717) is 11.2 Å². The van der Waals surface area contributed by atoms with Crippen molar-refractivity contribution in [3.63, 3.8) is 0 Å². The highest BCUT2D eigenvalue weighted by Gasteiger charge is 2.32. The minimum Gasteiger partial charge on any atom is -0.313 e. The Bertz CT molecular complexity index is 397. The lowest BCUT2D eigenvalue weighted by Crippen LogP contribution is -2.53. The van der Waals surface area contributed by atoms with E-state index in [0.717, 1.165) is 12.3 Å². The van der Waals surface area contributed by atoms with Crippen LogP contribution in [0.25, 0.3) is 5.57 Å². The molecule has 1 fully saturated rings. The van der Waals surface area contributed by atoms with Crippen molar-refractivity contribution in [2.75, 3.05) is 6.54 Å². The van der Waals surface area contributed by atoms with Crippen molar-refractivity contribution < 1.29 is 0 Å². The summed E-state index contributed by atoms with van der Waals surface area (Å²) in [6.07, 6.45) is 6.56. The largest absolute Gasteiger partial charge is 0.313 e. The third kappa shape index (κ3) is 1.68. The predicted molar refractivity (Wildman–Crippen MR) is 61.7 cm³/mol. The number of hydrogen-bond donors (Lipinski definition) is 1. The maximum absolute atomic E-state index is 5.77. The highest BCUT2D eigenvalue weighted by atomic mass is 35.5. The standard InChI is InChI=1S/C12H13ClN2/c13-12-4-3-9(6-15-12)8-1-2-10-7-14-11(10)5-8/h1,3-4,6,10-11,14H,2,5,7H2/t10-,11-/m1/s1. The van der Waals surface area contributed by atoms with Crippen LogP contribution in [0.5, 0.6) is 0 Å². The van der Waals surface area contributed by atoms with Gasteiger partial charge in [0.2, 0.25) is 0 Å². The Labute approximate surface area is 94.4 Å². The van der Waals surface area contributed by atoms with Crippen LogP contribution in [0.1, 0.15) is 18.4 Å². The number of hydrogen-bond acceptors (Lipinski definition) is 2. The topological polar surface area (TPSA) is 24.9 Å². The van der Waals surface area contributed by atoms with Crippen molar-refractivity contribution in [1.29, 1.82) is 0 Å². The second kappa shape index (κ2) is 3.62. The quantitative estimate of drug-likeness (QED) is 0.736. The Balaban J connectivity index is 1.85. The van der Waals surface area contributed by atoms with Crippen LogP contribution in [-0.2, 0) is 0 Å². The van der Waals surface area contributed by atoms with Crippen LogP contribution in [0.2, 0.25) is 5.15 Å². The van der Waals surface area contributed by atoms with Gasteiger partial charge in [0.1, 0.15) is 5.15 Å². The van der Waals surface area contributed by atoms with E-state index in [2.05, 4.69) is 22.4 Å². The van der Waals surface area contributed by atoms with Crippen molar-refractivity contribution in [3.8, 4) is 0 Å². The van der Waals surface area contributed by atoms with Gasteiger partial charge in [-0.2, -0.15) is 0 Å². The van der Waals surface area contributed by atoms with Gasteiger partial charge < -0.3 is 5.32 Å². The van der Waals surface area contributed by atoms with Crippen LogP contribution < -0.4 is 5.32 Å². The first kappa shape index (κ1) is 9.37. The highest BCUT2D eigenvalue weighted by Crippen LogP contribution is 2.34. The van der Waals surface area contributed by atoms with Crippen molar-refractivity contribution in [2.45, 2.75) is 18.9 Å². The van der Waals surface area contributed by atoms with E-state index < -0.39 is 0 Å². The highest BCUT2D eigenvalue weighted by molar-refractivity contribution is 6.29. The maximum Gasteiger partial charge on any atom is 0.129 e. The molecule has 0 saturated carbocycles. The molecule has 0 spiro atoms. The number of pyridine rings is 1. The molecule has 0 radical (unpaired) electrons. The van der Waals surface area contributed by atoms with Gasteiger partial charge >= 0.3 is 0 Å². The summed E-state index contributed by atoms with van der Waals surface area (Å²) in [6.45, 7) is 1.19. The molecule has 78 valence electrons. The van der Waals surface area contributed by atoms with Crippen LogP contribution in [0.3, 0.4) is 0 Å². The average molecular weight is 221 g/mol. The fourth-order valence-corrected chi connectivity index (χ4v) is 2.46. The lowest BCUT2D eigenvalue weighted by Gasteiger charge is -2.41. The summed E-state index contributed by atoms with van der Waals surface area (Å²) >= 11 is 5.77. The first-order valence-electron chi connectivity index (χ1n) is 5.37. The lowest BCUT2D eigenvalue weighted by molar-refractivity contribution is 0.231. The van der Waals surface area contributed by atoms with Crippen LogP contribution in [0.15, 0.2) is 24.4 Å². The molecule has 2 aliphatic rings. The summed E-state index contributed by atoms with van der Waals surface area (Å²) < 4.78 is 0. The normalized spacial score (nSPS) is 29.0. The number of nitrogens with zero attached hydrogens (tertiary/aromatic N) is 1. The maximum atomic E-state index is 5.77. The number of fused-ring (bicyclic) bond motifs is 1. The second-order valence-electron chi connectivity index (χ2n) is 4.31. The molecule has 0 bridgehead atoms. The number of aromatic nitrogens is 1. The van der Waals surface area contributed by atoms with Crippen molar-refractivity contribution in [1.82, 2.24) is 10.3 Å². The van der Waals surface area contributed by atoms with Gasteiger partial charge in [-0.25, -0.2) is 4.98 Å². The Morgan fingerprint density at radius 3 is 2.93 bits per heavy atom. The van der Waals surface area contributed by atoms with Gasteiger partial charge in [0, 0.05) is 18.8 Å². The fraction of sp³-hybridized carbons (Fsp3) is 0.417. The summed E-state index contributed by atoms with van der Waals surface area (Å²) in [5.74, 6) is 0.869. The first-order chi connectivity index (χ1) is 7.33. The number of allylic oxidation sites excluding steroid dienone is 1. The molecule has 2 atom stereocenters. The molecule has 1 aromatic rings. The average Bonchev–Trinajstić information content (AvgIpc) is 2.22. The molecule has 15 heavy (non-hydrogen) atoms. The fourth-order valence-electron chi connectivity index (χ4n) is 2.35. The van der Waals surface area contributed by atoms with Gasteiger partial charge in [-0.3, -0.25) is 0 Å². The Hall–Kier alpha value is -0.860. The van der Waals surface area contributed by atoms with Crippen LogP contribution in [0.4, 0.5) is 0 Å². The SMILES string of the molecule is Clc1ccc(C2=CC[C@@H]3CN[C@@H]3C2)cn1. The van der Waals surface area contributed by atoms with E-state index in [9.17, 15) is 0 Å². The molecule has 0 amide bonds. The molecule has 1 aliphatic heterocycles. The zero-order valence-corrected chi connectivity index (χ0v) is 9.17. The summed E-state index contributed by atoms with van der Waals surface area (Å²) in [5, 5.41) is 4.04. The molecule has 1 aliphatic carbocycles. The summed E-state index contributed by atoms with van der Waals surface area (Å²) in [5.41, 5.74) is 2.62. The molecule has 1 saturated heterocycles. The Morgan fingerprint density at radius 2 is 2.33 bits per heavy atom. The predicted octanol–water partition coefficient (Wildman–Crippen LogP) is 2.50. The van der Waals surface area contributed by atoms with Gasteiger partial charge in [-0.05, 0) is 36.0 Å². The molecule has 1 N–H and O–H groups in total. The number of halogens is 1. The monoisotopic (exact) mass is 220 g/mol. The van der Waals surface area contributed by atoms with Crippen LogP contribution >= 0.6 is 11.6 Å². The molecule has 2 nitrogen and oxygen atoms in total. The number of nitrogens with one attached hydrogen (secondary N) is 1. The zero-order chi connectivity index (χ0) is 10.3. The van der Waals surface area contributed by atoms with Gasteiger partial charge in [0.05, 0.1) is 0 Å². The molecular formula is C12H13ClN2. The van der Waals surface area contributed by atoms with Crippen LogP contribution in [0, 0.1) is 5.92 Å². The lowest BCUT2D eigenvalue weighted by atomic mass is 9.78. The van der Waals surface area contributed by atoms with E-state index in [1.54, 1.807) is 0 Å². The minimum atomic E-state index is 0.565. The summed E-state index contributed by atoms with van der Waals surface area (Å²) in [6, 6.07) is 4.61. The molecule has 2 heterocycles. The molecule has 3 rings (SSSR count). The van der Waals surface area contributed by atoms with E-state index in [1.165, 1.54) is 24.1 Å². The summed E-state index contributed by atoms with van der Waals surface area (Å²) in [7, 11) is 0. The Morgan fingerprint density at radius 1 is 1.40 bits per heavy atom. The number of rotatable bonds is 1. The van der Waals surface area contributed by atoms with E-state index in [-0.39, 0.29) is 0 Å². The molecule has 3 heteroatoms. The van der Waals surface area contributed by atoms with Gasteiger partial charge in [-0.15, -0.1) is 0 Å². The Kier molecular flexibility index (Phi) is 2.26. The second-order valence-corrected chi connectivity index (χ2v) is 4.70. The van der Waals surface area contributed by atoms with E-state index >= 15 is 0 Å². The molecule has 1 aromatic heterocycles. The van der Waals surface area contributed by atoms with Crippen molar-refractivity contribution >= 4 is 17.2 Å². The van der Waals surface area contributed by atoms with Crippen LogP contribution in [-0.4, -0.2) is 17.6 Å². The summed E-state index contributed by atoms with van der Waals surface area (Å²) in [4.78, 5) is 4.12. The third-order valence-corrected chi connectivity index (χ3v) is 3.64. The minimum absolute atomic E-state index is 0.565. The molecular weight excluding hydrogens is 208 g/mol. The smallest absolute Gasteiger partial charge is 0.129 e. The van der Waals surface area contributed by atoms with E-state index in [1.807, 2.05) is 12.3 Å². The van der Waals surface area contributed by atoms with Crippen molar-refractivity contribution in [2.24, 2.45) is 5.92 Å². The van der Waals surface area contributed by atoms with Crippen molar-refractivity contribution in [3.05, 3.63) is 35.1 Å². The molecule has 0 aromatic carbocycles. The molecule has 0 unspecified atom stereocenters. The van der Waals surface area contributed by atoms with Gasteiger partial charge in [-0.1, -0.05) is 23.7 Å².